The van der Waals surface area contributed by atoms with Crippen LogP contribution in [0.4, 0.5) is 0 Å². The molecule has 1 aromatic rings. The average Bonchev–Trinajstić information content (AvgIpc) is 2.39. The number of nitrogens with zero attached hydrogens (tertiary/aromatic N) is 1. The molecule has 0 bridgehead atoms. The van der Waals surface area contributed by atoms with Crippen LogP contribution >= 0.6 is 34.5 Å². The maximum absolute atomic E-state index is 6.08. The summed E-state index contributed by atoms with van der Waals surface area (Å²) < 4.78 is 1.55. The molecule has 2 rings (SSSR count). The van der Waals surface area contributed by atoms with Gasteiger partial charge in [0.1, 0.15) is 0 Å². The number of halogens is 2. The zero-order chi connectivity index (χ0) is 10.3. The van der Waals surface area contributed by atoms with Crippen molar-refractivity contribution in [2.75, 3.05) is 13.1 Å². The maximum atomic E-state index is 6.08. The SMILES string of the molecule is CC(c1cc(Cl)sc1Cl)N1CC(N)C1. The first-order valence-corrected chi connectivity index (χ1v) is 6.09. The van der Waals surface area contributed by atoms with E-state index in [-0.39, 0.29) is 0 Å². The topological polar surface area (TPSA) is 29.3 Å². The Kier molecular flexibility index (Phi) is 3.05. The van der Waals surface area contributed by atoms with Gasteiger partial charge in [-0.15, -0.1) is 11.3 Å². The zero-order valence-corrected chi connectivity index (χ0v) is 10.2. The number of rotatable bonds is 2. The van der Waals surface area contributed by atoms with Gasteiger partial charge in [-0.3, -0.25) is 4.90 Å². The average molecular weight is 251 g/mol. The molecule has 1 aliphatic heterocycles. The van der Waals surface area contributed by atoms with E-state index >= 15 is 0 Å². The first-order chi connectivity index (χ1) is 6.58. The van der Waals surface area contributed by atoms with E-state index in [0.717, 1.165) is 27.3 Å². The fourth-order valence-corrected chi connectivity index (χ4v) is 3.33. The van der Waals surface area contributed by atoms with Gasteiger partial charge in [-0.05, 0) is 13.0 Å². The standard InChI is InChI=1S/C9H12Cl2N2S/c1-5(13-3-6(12)4-13)7-2-8(10)14-9(7)11/h2,5-6H,3-4,12H2,1H3. The fourth-order valence-electron chi connectivity index (χ4n) is 1.70. The molecule has 1 aliphatic rings. The summed E-state index contributed by atoms with van der Waals surface area (Å²) in [4.78, 5) is 2.30. The Labute approximate surface area is 97.6 Å². The van der Waals surface area contributed by atoms with Crippen LogP contribution in [-0.4, -0.2) is 24.0 Å². The molecule has 0 amide bonds. The van der Waals surface area contributed by atoms with Crippen LogP contribution in [0.2, 0.25) is 8.67 Å². The summed E-state index contributed by atoms with van der Waals surface area (Å²) in [5.74, 6) is 0. The van der Waals surface area contributed by atoms with E-state index in [0.29, 0.717) is 12.1 Å². The second-order valence-electron chi connectivity index (χ2n) is 3.67. The summed E-state index contributed by atoms with van der Waals surface area (Å²) >= 11 is 13.4. The van der Waals surface area contributed by atoms with Crippen molar-refractivity contribution < 1.29 is 0 Å². The van der Waals surface area contributed by atoms with Gasteiger partial charge in [-0.25, -0.2) is 0 Å². The first kappa shape index (κ1) is 10.7. The Bertz CT molecular complexity index is 334. The number of likely N-dealkylation sites (tertiary alicyclic amines) is 1. The van der Waals surface area contributed by atoms with E-state index in [1.165, 1.54) is 11.3 Å². The molecule has 2 nitrogen and oxygen atoms in total. The van der Waals surface area contributed by atoms with Crippen molar-refractivity contribution in [2.45, 2.75) is 19.0 Å². The molecule has 1 saturated heterocycles. The highest BCUT2D eigenvalue weighted by Crippen LogP contribution is 2.38. The molecule has 1 unspecified atom stereocenters. The number of hydrogen-bond donors (Lipinski definition) is 1. The minimum atomic E-state index is 0.324. The Morgan fingerprint density at radius 2 is 2.21 bits per heavy atom. The van der Waals surface area contributed by atoms with Crippen LogP contribution in [0.15, 0.2) is 6.07 Å². The van der Waals surface area contributed by atoms with Crippen LogP contribution in [0, 0.1) is 0 Å². The third kappa shape index (κ3) is 1.92. The van der Waals surface area contributed by atoms with Crippen LogP contribution in [0.25, 0.3) is 0 Å². The van der Waals surface area contributed by atoms with Gasteiger partial charge >= 0.3 is 0 Å². The lowest BCUT2D eigenvalue weighted by atomic mass is 10.0. The molecule has 0 spiro atoms. The van der Waals surface area contributed by atoms with E-state index in [9.17, 15) is 0 Å². The minimum Gasteiger partial charge on any atom is -0.325 e. The van der Waals surface area contributed by atoms with Gasteiger partial charge in [-0.2, -0.15) is 0 Å². The Morgan fingerprint density at radius 3 is 2.64 bits per heavy atom. The number of nitrogens with two attached hydrogens (primary N) is 1. The molecule has 1 atom stereocenters. The van der Waals surface area contributed by atoms with Gasteiger partial charge in [-0.1, -0.05) is 23.2 Å². The number of hydrogen-bond acceptors (Lipinski definition) is 3. The lowest BCUT2D eigenvalue weighted by Crippen LogP contribution is -2.56. The van der Waals surface area contributed by atoms with Crippen molar-refractivity contribution in [3.63, 3.8) is 0 Å². The van der Waals surface area contributed by atoms with Crippen LogP contribution in [0.3, 0.4) is 0 Å². The van der Waals surface area contributed by atoms with Crippen LogP contribution < -0.4 is 5.73 Å². The first-order valence-electron chi connectivity index (χ1n) is 4.52. The Morgan fingerprint density at radius 1 is 1.57 bits per heavy atom. The third-order valence-corrected chi connectivity index (χ3v) is 4.14. The van der Waals surface area contributed by atoms with Crippen molar-refractivity contribution in [1.82, 2.24) is 4.90 Å². The molecule has 2 N–H and O–H groups in total. The lowest BCUT2D eigenvalue weighted by Gasteiger charge is -2.41. The largest absolute Gasteiger partial charge is 0.325 e. The Hall–Kier alpha value is 0.200. The van der Waals surface area contributed by atoms with Crippen molar-refractivity contribution in [3.05, 3.63) is 20.3 Å². The summed E-state index contributed by atoms with van der Waals surface area (Å²) in [5, 5.41) is 0. The molecule has 0 radical (unpaired) electrons. The van der Waals surface area contributed by atoms with Gasteiger partial charge in [0.15, 0.2) is 0 Å². The van der Waals surface area contributed by atoms with Crippen molar-refractivity contribution in [3.8, 4) is 0 Å². The van der Waals surface area contributed by atoms with E-state index in [4.69, 9.17) is 28.9 Å². The maximum Gasteiger partial charge on any atom is 0.0991 e. The molecule has 0 aromatic carbocycles. The van der Waals surface area contributed by atoms with Crippen molar-refractivity contribution in [2.24, 2.45) is 5.73 Å². The van der Waals surface area contributed by atoms with Crippen molar-refractivity contribution >= 4 is 34.5 Å². The van der Waals surface area contributed by atoms with Crippen LogP contribution in [0.1, 0.15) is 18.5 Å². The zero-order valence-electron chi connectivity index (χ0n) is 7.84. The molecule has 14 heavy (non-hydrogen) atoms. The molecule has 0 saturated carbocycles. The fraction of sp³-hybridized carbons (Fsp3) is 0.556. The molecule has 78 valence electrons. The van der Waals surface area contributed by atoms with Crippen LogP contribution in [-0.2, 0) is 0 Å². The highest BCUT2D eigenvalue weighted by atomic mass is 35.5. The molecular weight excluding hydrogens is 239 g/mol. The molecule has 2 heterocycles. The summed E-state index contributed by atoms with van der Waals surface area (Å²) in [5.41, 5.74) is 6.85. The molecule has 0 aliphatic carbocycles. The lowest BCUT2D eigenvalue weighted by molar-refractivity contribution is 0.104. The smallest absolute Gasteiger partial charge is 0.0991 e. The molecule has 1 fully saturated rings. The van der Waals surface area contributed by atoms with Gasteiger partial charge in [0.25, 0.3) is 0 Å². The van der Waals surface area contributed by atoms with Crippen molar-refractivity contribution in [1.29, 1.82) is 0 Å². The normalized spacial score (nSPS) is 20.9. The Balaban J connectivity index is 2.11. The van der Waals surface area contributed by atoms with E-state index in [1.54, 1.807) is 0 Å². The molecule has 5 heteroatoms. The number of thiophene rings is 1. The second kappa shape index (κ2) is 3.99. The predicted octanol–water partition coefficient (Wildman–Crippen LogP) is 2.76. The quantitative estimate of drug-likeness (QED) is 0.875. The molecular formula is C9H12Cl2N2S. The predicted molar refractivity (Wildman–Crippen MR) is 62.3 cm³/mol. The van der Waals surface area contributed by atoms with Gasteiger partial charge < -0.3 is 5.73 Å². The van der Waals surface area contributed by atoms with Gasteiger partial charge in [0.05, 0.1) is 8.67 Å². The second-order valence-corrected chi connectivity index (χ2v) is 5.96. The summed E-state index contributed by atoms with van der Waals surface area (Å²) in [7, 11) is 0. The summed E-state index contributed by atoms with van der Waals surface area (Å²) in [6.07, 6.45) is 0. The summed E-state index contributed by atoms with van der Waals surface area (Å²) in [6.45, 7) is 4.03. The van der Waals surface area contributed by atoms with E-state index < -0.39 is 0 Å². The third-order valence-electron chi connectivity index (χ3n) is 2.62. The highest BCUT2D eigenvalue weighted by Gasteiger charge is 2.29. The highest BCUT2D eigenvalue weighted by molar-refractivity contribution is 7.20. The molecule has 1 aromatic heterocycles. The minimum absolute atomic E-state index is 0.324. The monoisotopic (exact) mass is 250 g/mol. The van der Waals surface area contributed by atoms with Gasteiger partial charge in [0.2, 0.25) is 0 Å². The van der Waals surface area contributed by atoms with Gasteiger partial charge in [0, 0.05) is 30.7 Å². The van der Waals surface area contributed by atoms with E-state index in [1.807, 2.05) is 6.07 Å². The summed E-state index contributed by atoms with van der Waals surface area (Å²) in [6, 6.07) is 2.60. The van der Waals surface area contributed by atoms with E-state index in [2.05, 4.69) is 11.8 Å². The van der Waals surface area contributed by atoms with Crippen LogP contribution in [0.5, 0.6) is 0 Å².